The number of H-pyrrole nitrogens is 1. The summed E-state index contributed by atoms with van der Waals surface area (Å²) in [4.78, 5) is 3.35. The summed E-state index contributed by atoms with van der Waals surface area (Å²) < 4.78 is 0. The first-order chi connectivity index (χ1) is 9.78. The summed E-state index contributed by atoms with van der Waals surface area (Å²) in [6.07, 6.45) is 6.84. The van der Waals surface area contributed by atoms with Crippen LogP contribution in [0.3, 0.4) is 0 Å². The van der Waals surface area contributed by atoms with Gasteiger partial charge in [0.25, 0.3) is 0 Å². The summed E-state index contributed by atoms with van der Waals surface area (Å²) in [5, 5.41) is 9.27. The molecule has 0 radical (unpaired) electrons. The van der Waals surface area contributed by atoms with Gasteiger partial charge in [-0.3, -0.25) is 0 Å². The Morgan fingerprint density at radius 3 is 2.40 bits per heavy atom. The minimum absolute atomic E-state index is 0.0997. The number of aliphatic hydroxyl groups is 1. The highest BCUT2D eigenvalue weighted by Crippen LogP contribution is 2.33. The van der Waals surface area contributed by atoms with E-state index in [-0.39, 0.29) is 6.61 Å². The number of rotatable bonds is 3. The van der Waals surface area contributed by atoms with Gasteiger partial charge < -0.3 is 10.1 Å². The smallest absolute Gasteiger partial charge is 0.0699 e. The molecule has 1 heterocycles. The topological polar surface area (TPSA) is 36.0 Å². The molecule has 2 aromatic rings. The normalized spacial score (nSPS) is 16.5. The van der Waals surface area contributed by atoms with E-state index in [0.29, 0.717) is 0 Å². The van der Waals surface area contributed by atoms with Gasteiger partial charge in [-0.15, -0.1) is 0 Å². The van der Waals surface area contributed by atoms with Gasteiger partial charge in [0.2, 0.25) is 0 Å². The van der Waals surface area contributed by atoms with Crippen LogP contribution in [0.15, 0.2) is 30.3 Å². The van der Waals surface area contributed by atoms with Crippen LogP contribution in [0.4, 0.5) is 0 Å². The summed E-state index contributed by atoms with van der Waals surface area (Å²) in [7, 11) is 0. The lowest BCUT2D eigenvalue weighted by molar-refractivity contribution is 0.281. The van der Waals surface area contributed by atoms with Crippen molar-refractivity contribution in [2.24, 2.45) is 0 Å². The van der Waals surface area contributed by atoms with E-state index >= 15 is 0 Å². The summed E-state index contributed by atoms with van der Waals surface area (Å²) in [5.41, 5.74) is 5.82. The number of hydrogen-bond acceptors (Lipinski definition) is 1. The fraction of sp³-hybridized carbons (Fsp3) is 0.444. The van der Waals surface area contributed by atoms with Gasteiger partial charge in [-0.1, -0.05) is 43.5 Å². The van der Waals surface area contributed by atoms with Gasteiger partial charge in [0.05, 0.1) is 6.61 Å². The van der Waals surface area contributed by atoms with E-state index < -0.39 is 0 Å². The molecule has 1 aromatic carbocycles. The van der Waals surface area contributed by atoms with Crippen LogP contribution < -0.4 is 0 Å². The molecule has 0 amide bonds. The van der Waals surface area contributed by atoms with Gasteiger partial charge in [0, 0.05) is 11.4 Å². The summed E-state index contributed by atoms with van der Waals surface area (Å²) in [6.45, 7) is 2.11. The third-order valence-electron chi connectivity index (χ3n) is 4.59. The molecule has 1 fully saturated rings. The molecule has 2 nitrogen and oxygen atoms in total. The quantitative estimate of drug-likeness (QED) is 0.843. The van der Waals surface area contributed by atoms with Gasteiger partial charge in [-0.05, 0) is 48.4 Å². The Labute approximate surface area is 120 Å². The van der Waals surface area contributed by atoms with Crippen molar-refractivity contribution in [3.8, 4) is 11.3 Å². The lowest BCUT2D eigenvalue weighted by atomic mass is 9.84. The van der Waals surface area contributed by atoms with Gasteiger partial charge in [0.1, 0.15) is 0 Å². The van der Waals surface area contributed by atoms with Gasteiger partial charge in [0.15, 0.2) is 0 Å². The lowest BCUT2D eigenvalue weighted by Gasteiger charge is -2.22. The molecule has 106 valence electrons. The SMILES string of the molecule is Cc1[nH]c(-c2ccc(C3CCCCC3)cc2)cc1CO. The lowest BCUT2D eigenvalue weighted by Crippen LogP contribution is -2.04. The second-order valence-corrected chi connectivity index (χ2v) is 5.95. The number of aryl methyl sites for hydroxylation is 1. The molecule has 2 N–H and O–H groups in total. The van der Waals surface area contributed by atoms with Crippen molar-refractivity contribution in [3.05, 3.63) is 47.2 Å². The van der Waals surface area contributed by atoms with Crippen LogP contribution in [0, 0.1) is 6.92 Å². The Balaban J connectivity index is 1.81. The number of benzene rings is 1. The fourth-order valence-corrected chi connectivity index (χ4v) is 3.29. The van der Waals surface area contributed by atoms with E-state index in [2.05, 4.69) is 29.2 Å². The molecule has 1 aliphatic rings. The van der Waals surface area contributed by atoms with Crippen molar-refractivity contribution in [1.82, 2.24) is 4.98 Å². The Morgan fingerprint density at radius 1 is 1.10 bits per heavy atom. The van der Waals surface area contributed by atoms with E-state index in [4.69, 9.17) is 0 Å². The maximum atomic E-state index is 9.27. The fourth-order valence-electron chi connectivity index (χ4n) is 3.29. The first kappa shape index (κ1) is 13.4. The van der Waals surface area contributed by atoms with Crippen molar-refractivity contribution in [3.63, 3.8) is 0 Å². The first-order valence-electron chi connectivity index (χ1n) is 7.67. The molecule has 0 saturated heterocycles. The summed E-state index contributed by atoms with van der Waals surface area (Å²) >= 11 is 0. The predicted octanol–water partition coefficient (Wildman–Crippen LogP) is 4.53. The highest BCUT2D eigenvalue weighted by Gasteiger charge is 2.15. The molecule has 20 heavy (non-hydrogen) atoms. The first-order valence-corrected chi connectivity index (χ1v) is 7.67. The molecule has 0 unspecified atom stereocenters. The second-order valence-electron chi connectivity index (χ2n) is 5.95. The number of aromatic nitrogens is 1. The number of aromatic amines is 1. The van der Waals surface area contributed by atoms with E-state index in [9.17, 15) is 5.11 Å². The van der Waals surface area contributed by atoms with Crippen molar-refractivity contribution in [2.45, 2.75) is 51.6 Å². The molecule has 2 heteroatoms. The Hall–Kier alpha value is -1.54. The van der Waals surface area contributed by atoms with E-state index in [1.165, 1.54) is 43.2 Å². The highest BCUT2D eigenvalue weighted by atomic mass is 16.3. The van der Waals surface area contributed by atoms with E-state index in [0.717, 1.165) is 22.9 Å². The average Bonchev–Trinajstić information content (AvgIpc) is 2.89. The molecule has 3 rings (SSSR count). The largest absolute Gasteiger partial charge is 0.392 e. The molecule has 1 aromatic heterocycles. The standard InChI is InChI=1S/C18H23NO/c1-13-17(12-20)11-18(19-13)16-9-7-15(8-10-16)14-5-3-2-4-6-14/h7-11,14,19-20H,2-6,12H2,1H3. The van der Waals surface area contributed by atoms with Crippen LogP contribution in [0.2, 0.25) is 0 Å². The van der Waals surface area contributed by atoms with Crippen LogP contribution in [0.1, 0.15) is 54.8 Å². The molecule has 0 atom stereocenters. The van der Waals surface area contributed by atoms with Crippen LogP contribution in [-0.4, -0.2) is 10.1 Å². The zero-order chi connectivity index (χ0) is 13.9. The summed E-state index contributed by atoms with van der Waals surface area (Å²) in [5.74, 6) is 0.760. The summed E-state index contributed by atoms with van der Waals surface area (Å²) in [6, 6.07) is 11.0. The Morgan fingerprint density at radius 2 is 1.80 bits per heavy atom. The van der Waals surface area contributed by atoms with Crippen LogP contribution in [0.5, 0.6) is 0 Å². The molecule has 0 bridgehead atoms. The van der Waals surface area contributed by atoms with Crippen LogP contribution >= 0.6 is 0 Å². The number of aliphatic hydroxyl groups excluding tert-OH is 1. The monoisotopic (exact) mass is 269 g/mol. The predicted molar refractivity (Wildman–Crippen MR) is 82.7 cm³/mol. The third kappa shape index (κ3) is 2.66. The Kier molecular flexibility index (Phi) is 3.93. The molecule has 0 spiro atoms. The highest BCUT2D eigenvalue weighted by molar-refractivity contribution is 5.61. The Bertz CT molecular complexity index is 562. The van der Waals surface area contributed by atoms with Gasteiger partial charge in [-0.2, -0.15) is 0 Å². The molecular formula is C18H23NO. The van der Waals surface area contributed by atoms with E-state index in [1.807, 2.05) is 13.0 Å². The molecule has 1 aliphatic carbocycles. The van der Waals surface area contributed by atoms with Crippen LogP contribution in [0.25, 0.3) is 11.3 Å². The maximum absolute atomic E-state index is 9.27. The zero-order valence-corrected chi connectivity index (χ0v) is 12.2. The molecule has 1 saturated carbocycles. The minimum Gasteiger partial charge on any atom is -0.392 e. The van der Waals surface area contributed by atoms with Crippen molar-refractivity contribution < 1.29 is 5.11 Å². The zero-order valence-electron chi connectivity index (χ0n) is 12.2. The second kappa shape index (κ2) is 5.84. The molecule has 0 aliphatic heterocycles. The molecular weight excluding hydrogens is 246 g/mol. The maximum Gasteiger partial charge on any atom is 0.0699 e. The van der Waals surface area contributed by atoms with Gasteiger partial charge >= 0.3 is 0 Å². The minimum atomic E-state index is 0.0997. The van der Waals surface area contributed by atoms with Crippen LogP contribution in [-0.2, 0) is 6.61 Å². The number of hydrogen-bond donors (Lipinski definition) is 2. The van der Waals surface area contributed by atoms with Crippen molar-refractivity contribution >= 4 is 0 Å². The number of nitrogens with one attached hydrogen (secondary N) is 1. The van der Waals surface area contributed by atoms with Gasteiger partial charge in [-0.25, -0.2) is 0 Å². The van der Waals surface area contributed by atoms with Crippen molar-refractivity contribution in [1.29, 1.82) is 0 Å². The van der Waals surface area contributed by atoms with E-state index in [1.54, 1.807) is 0 Å². The van der Waals surface area contributed by atoms with Crippen molar-refractivity contribution in [2.75, 3.05) is 0 Å². The average molecular weight is 269 g/mol. The third-order valence-corrected chi connectivity index (χ3v) is 4.59.